The van der Waals surface area contributed by atoms with E-state index in [0.29, 0.717) is 0 Å². The summed E-state index contributed by atoms with van der Waals surface area (Å²) >= 11 is 0. The van der Waals surface area contributed by atoms with Crippen molar-refractivity contribution in [1.29, 1.82) is 0 Å². The van der Waals surface area contributed by atoms with Gasteiger partial charge in [0.15, 0.2) is 0 Å². The Hall–Kier alpha value is -1.09. The van der Waals surface area contributed by atoms with Gasteiger partial charge in [-0.3, -0.25) is 4.98 Å². The summed E-state index contributed by atoms with van der Waals surface area (Å²) in [5, 5.41) is 9.26. The molecule has 0 saturated heterocycles. The average molecular weight is 208 g/mol. The molecule has 0 aliphatic heterocycles. The number of aryl methyl sites for hydroxylation is 1. The monoisotopic (exact) mass is 208 g/mol. The molecule has 0 atom stereocenters. The van der Waals surface area contributed by atoms with Gasteiger partial charge in [-0.15, -0.1) is 0 Å². The molecule has 0 unspecified atom stereocenters. The van der Waals surface area contributed by atoms with Gasteiger partial charge in [-0.2, -0.15) is 0 Å². The van der Waals surface area contributed by atoms with E-state index >= 15 is 0 Å². The Balaban J connectivity index is 3.02. The van der Waals surface area contributed by atoms with Crippen LogP contribution in [-0.2, 0) is 6.61 Å². The number of aromatic nitrogens is 1. The quantitative estimate of drug-likeness (QED) is 0.805. The van der Waals surface area contributed by atoms with Crippen LogP contribution in [0.25, 0.3) is 0 Å². The van der Waals surface area contributed by atoms with Crippen LogP contribution in [0.15, 0.2) is 12.3 Å². The molecule has 1 N–H and O–H groups in total. The van der Waals surface area contributed by atoms with E-state index in [-0.39, 0.29) is 6.61 Å². The summed E-state index contributed by atoms with van der Waals surface area (Å²) in [4.78, 5) is 6.48. The van der Waals surface area contributed by atoms with E-state index in [1.165, 1.54) is 0 Å². The van der Waals surface area contributed by atoms with Crippen molar-refractivity contribution in [3.8, 4) is 0 Å². The van der Waals surface area contributed by atoms with Crippen molar-refractivity contribution in [1.82, 2.24) is 4.98 Å². The molecule has 84 valence electrons. The lowest BCUT2D eigenvalue weighted by Gasteiger charge is -2.24. The van der Waals surface area contributed by atoms with E-state index in [4.69, 9.17) is 0 Å². The molecule has 0 amide bonds. The molecule has 3 heteroatoms. The standard InChI is InChI=1S/C12H20N2O/c1-4-6-14(5-2)12-7-10(3)13-8-11(12)9-15/h7-8,15H,4-6,9H2,1-3H3. The molecule has 0 aliphatic rings. The predicted octanol–water partition coefficient (Wildman–Crippen LogP) is 2.12. The van der Waals surface area contributed by atoms with Gasteiger partial charge in [-0.05, 0) is 26.3 Å². The molecule has 1 rings (SSSR count). The Bertz CT molecular complexity index is 312. The maximum Gasteiger partial charge on any atom is 0.0717 e. The van der Waals surface area contributed by atoms with E-state index in [2.05, 4.69) is 23.7 Å². The van der Waals surface area contributed by atoms with Gasteiger partial charge < -0.3 is 10.0 Å². The number of anilines is 1. The first kappa shape index (κ1) is 12.0. The minimum atomic E-state index is 0.0584. The van der Waals surface area contributed by atoms with Gasteiger partial charge in [0.25, 0.3) is 0 Å². The van der Waals surface area contributed by atoms with Gasteiger partial charge in [0.1, 0.15) is 0 Å². The fourth-order valence-corrected chi connectivity index (χ4v) is 1.71. The second-order valence-corrected chi connectivity index (χ2v) is 3.69. The molecule has 0 aliphatic carbocycles. The van der Waals surface area contributed by atoms with Crippen molar-refractivity contribution in [3.05, 3.63) is 23.5 Å². The van der Waals surface area contributed by atoms with Crippen molar-refractivity contribution in [2.24, 2.45) is 0 Å². The van der Waals surface area contributed by atoms with Crippen LogP contribution in [-0.4, -0.2) is 23.2 Å². The normalized spacial score (nSPS) is 10.4. The van der Waals surface area contributed by atoms with Crippen molar-refractivity contribution in [3.63, 3.8) is 0 Å². The molecule has 1 aromatic heterocycles. The van der Waals surface area contributed by atoms with Crippen LogP contribution in [0.1, 0.15) is 31.5 Å². The summed E-state index contributed by atoms with van der Waals surface area (Å²) < 4.78 is 0. The number of aliphatic hydroxyl groups is 1. The first-order chi connectivity index (χ1) is 7.22. The summed E-state index contributed by atoms with van der Waals surface area (Å²) in [5.41, 5.74) is 3.03. The topological polar surface area (TPSA) is 36.4 Å². The fraction of sp³-hybridized carbons (Fsp3) is 0.583. The lowest BCUT2D eigenvalue weighted by Crippen LogP contribution is -2.24. The second kappa shape index (κ2) is 5.71. The van der Waals surface area contributed by atoms with Crippen LogP contribution in [0.3, 0.4) is 0 Å². The van der Waals surface area contributed by atoms with Crippen molar-refractivity contribution >= 4 is 5.69 Å². The van der Waals surface area contributed by atoms with Crippen LogP contribution < -0.4 is 4.90 Å². The second-order valence-electron chi connectivity index (χ2n) is 3.69. The maximum atomic E-state index is 9.26. The summed E-state index contributed by atoms with van der Waals surface area (Å²) in [6, 6.07) is 2.05. The van der Waals surface area contributed by atoms with E-state index in [1.54, 1.807) is 6.20 Å². The van der Waals surface area contributed by atoms with E-state index in [1.807, 2.05) is 13.0 Å². The van der Waals surface area contributed by atoms with Gasteiger partial charge in [0, 0.05) is 36.2 Å². The van der Waals surface area contributed by atoms with Crippen LogP contribution >= 0.6 is 0 Å². The highest BCUT2D eigenvalue weighted by Crippen LogP contribution is 2.20. The molecule has 0 radical (unpaired) electrons. The van der Waals surface area contributed by atoms with Gasteiger partial charge in [0.05, 0.1) is 6.61 Å². The Kier molecular flexibility index (Phi) is 4.56. The van der Waals surface area contributed by atoms with Crippen molar-refractivity contribution in [2.45, 2.75) is 33.8 Å². The third-order valence-electron chi connectivity index (χ3n) is 2.48. The Morgan fingerprint density at radius 1 is 1.40 bits per heavy atom. The molecule has 0 spiro atoms. The largest absolute Gasteiger partial charge is 0.392 e. The number of rotatable bonds is 5. The van der Waals surface area contributed by atoms with Gasteiger partial charge in [-0.1, -0.05) is 6.92 Å². The minimum Gasteiger partial charge on any atom is -0.392 e. The molecule has 0 aromatic carbocycles. The van der Waals surface area contributed by atoms with Crippen LogP contribution in [0, 0.1) is 6.92 Å². The van der Waals surface area contributed by atoms with Gasteiger partial charge >= 0.3 is 0 Å². The van der Waals surface area contributed by atoms with Crippen LogP contribution in [0.5, 0.6) is 0 Å². The van der Waals surface area contributed by atoms with Crippen LogP contribution in [0.2, 0.25) is 0 Å². The first-order valence-electron chi connectivity index (χ1n) is 5.54. The van der Waals surface area contributed by atoms with Crippen LogP contribution in [0.4, 0.5) is 5.69 Å². The molecule has 3 nitrogen and oxygen atoms in total. The molecule has 15 heavy (non-hydrogen) atoms. The summed E-state index contributed by atoms with van der Waals surface area (Å²) in [5.74, 6) is 0. The average Bonchev–Trinajstić information content (AvgIpc) is 2.26. The van der Waals surface area contributed by atoms with E-state index < -0.39 is 0 Å². The van der Waals surface area contributed by atoms with Gasteiger partial charge in [-0.25, -0.2) is 0 Å². The zero-order chi connectivity index (χ0) is 11.3. The summed E-state index contributed by atoms with van der Waals surface area (Å²) in [6.45, 7) is 8.31. The summed E-state index contributed by atoms with van der Waals surface area (Å²) in [6.07, 6.45) is 2.88. The number of hydrogen-bond acceptors (Lipinski definition) is 3. The Morgan fingerprint density at radius 3 is 2.67 bits per heavy atom. The summed E-state index contributed by atoms with van der Waals surface area (Å²) in [7, 11) is 0. The van der Waals surface area contributed by atoms with Crippen molar-refractivity contribution in [2.75, 3.05) is 18.0 Å². The third kappa shape index (κ3) is 2.93. The highest BCUT2D eigenvalue weighted by molar-refractivity contribution is 5.53. The van der Waals surface area contributed by atoms with E-state index in [9.17, 15) is 5.11 Å². The number of hydrogen-bond donors (Lipinski definition) is 1. The fourth-order valence-electron chi connectivity index (χ4n) is 1.71. The molecule has 0 bridgehead atoms. The number of nitrogens with zero attached hydrogens (tertiary/aromatic N) is 2. The minimum absolute atomic E-state index is 0.0584. The van der Waals surface area contributed by atoms with E-state index in [0.717, 1.165) is 36.5 Å². The molecule has 1 heterocycles. The Labute approximate surface area is 91.8 Å². The molecular weight excluding hydrogens is 188 g/mol. The smallest absolute Gasteiger partial charge is 0.0717 e. The SMILES string of the molecule is CCCN(CC)c1cc(C)ncc1CO. The molecule has 0 fully saturated rings. The molecule has 1 aromatic rings. The number of aliphatic hydroxyl groups excluding tert-OH is 1. The third-order valence-corrected chi connectivity index (χ3v) is 2.48. The molecule has 0 saturated carbocycles. The number of pyridine rings is 1. The predicted molar refractivity (Wildman–Crippen MR) is 63.1 cm³/mol. The zero-order valence-electron chi connectivity index (χ0n) is 9.82. The van der Waals surface area contributed by atoms with Crippen molar-refractivity contribution < 1.29 is 5.11 Å². The highest BCUT2D eigenvalue weighted by atomic mass is 16.3. The first-order valence-corrected chi connectivity index (χ1v) is 5.54. The zero-order valence-corrected chi connectivity index (χ0v) is 9.82. The lowest BCUT2D eigenvalue weighted by atomic mass is 10.2. The molecular formula is C12H20N2O. The Morgan fingerprint density at radius 2 is 2.13 bits per heavy atom. The highest BCUT2D eigenvalue weighted by Gasteiger charge is 2.09. The van der Waals surface area contributed by atoms with Gasteiger partial charge in [0.2, 0.25) is 0 Å². The maximum absolute atomic E-state index is 9.26. The lowest BCUT2D eigenvalue weighted by molar-refractivity contribution is 0.281.